The zero-order chi connectivity index (χ0) is 48.9. The summed E-state index contributed by atoms with van der Waals surface area (Å²) in [7, 11) is 0. The molecule has 346 valence electrons. The van der Waals surface area contributed by atoms with Gasteiger partial charge in [0.05, 0.1) is 22.4 Å². The van der Waals surface area contributed by atoms with Crippen LogP contribution in [0.4, 0.5) is 17.1 Å². The fourth-order valence-electron chi connectivity index (χ4n) is 12.6. The van der Waals surface area contributed by atoms with Gasteiger partial charge in [0.15, 0.2) is 0 Å². The zero-order valence-corrected chi connectivity index (χ0v) is 40.9. The van der Waals surface area contributed by atoms with E-state index in [9.17, 15) is 0 Å². The summed E-state index contributed by atoms with van der Waals surface area (Å²) >= 11 is 0. The van der Waals surface area contributed by atoms with Gasteiger partial charge in [-0.3, -0.25) is 0 Å². The van der Waals surface area contributed by atoms with E-state index in [0.29, 0.717) is 0 Å². The number of aromatic nitrogens is 1. The highest BCUT2D eigenvalue weighted by atomic mass is 15.1. The van der Waals surface area contributed by atoms with Crippen molar-refractivity contribution in [3.05, 3.63) is 290 Å². The topological polar surface area (TPSA) is 8.17 Å². The van der Waals surface area contributed by atoms with Crippen LogP contribution in [0.1, 0.15) is 23.6 Å². The van der Waals surface area contributed by atoms with Crippen molar-refractivity contribution in [1.29, 1.82) is 0 Å². The Balaban J connectivity index is 0.878. The molecular weight excluding hydrogens is 893 g/mol. The maximum atomic E-state index is 2.56. The molecule has 2 heteroatoms. The quantitative estimate of drug-likeness (QED) is 0.147. The summed E-state index contributed by atoms with van der Waals surface area (Å²) in [6, 6.07) is 101. The van der Waals surface area contributed by atoms with Gasteiger partial charge in [0, 0.05) is 44.3 Å². The Kier molecular flexibility index (Phi) is 9.43. The van der Waals surface area contributed by atoms with Crippen LogP contribution >= 0.6 is 0 Å². The number of hydrogen-bond donors (Lipinski definition) is 0. The third-order valence-corrected chi connectivity index (χ3v) is 16.2. The standard InChI is InChI=1S/C72H48N2/c1-72(56-27-9-4-10-28-56)64-32-17-31-60-59-30-13-14-33-66(59)74-68-41-36-55(46-63(68)61-38-39-65(72)70(69(60)64)71(61)74)51-25-15-24-50(42-51)53-26-16-29-57(44-53)73(58-37-34-48-20-11-12-23-52(48)43-58)67-40-35-54(47-18-5-2-6-19-47)45-62(67)49-21-7-3-8-22-49/h2-46H,1H3. The summed E-state index contributed by atoms with van der Waals surface area (Å²) in [6.45, 7) is 2.43. The molecule has 2 aliphatic rings. The first-order valence-electron chi connectivity index (χ1n) is 25.7. The van der Waals surface area contributed by atoms with Gasteiger partial charge in [-0.05, 0) is 145 Å². The van der Waals surface area contributed by atoms with Crippen molar-refractivity contribution in [1.82, 2.24) is 4.57 Å². The van der Waals surface area contributed by atoms with Crippen LogP contribution in [0.5, 0.6) is 0 Å². The molecule has 12 aromatic carbocycles. The largest absolute Gasteiger partial charge is 0.310 e. The van der Waals surface area contributed by atoms with Crippen molar-refractivity contribution in [2.24, 2.45) is 0 Å². The molecule has 1 aliphatic carbocycles. The molecule has 1 unspecified atom stereocenters. The number of anilines is 3. The van der Waals surface area contributed by atoms with Gasteiger partial charge in [-0.1, -0.05) is 212 Å². The van der Waals surface area contributed by atoms with E-state index >= 15 is 0 Å². The van der Waals surface area contributed by atoms with Crippen molar-refractivity contribution in [2.75, 3.05) is 4.90 Å². The first kappa shape index (κ1) is 42.2. The molecule has 0 radical (unpaired) electrons. The van der Waals surface area contributed by atoms with Gasteiger partial charge in [0.1, 0.15) is 0 Å². The lowest BCUT2D eigenvalue weighted by Crippen LogP contribution is -2.22. The number of fused-ring (bicyclic) bond motifs is 7. The Morgan fingerprint density at radius 3 is 1.74 bits per heavy atom. The summed E-state index contributed by atoms with van der Waals surface area (Å²) in [6.07, 6.45) is 0. The molecule has 0 N–H and O–H groups in total. The lowest BCUT2D eigenvalue weighted by Gasteiger charge is -2.29. The average Bonchev–Trinajstić information content (AvgIpc) is 4.04. The monoisotopic (exact) mass is 940 g/mol. The summed E-state index contributed by atoms with van der Waals surface area (Å²) in [5.41, 5.74) is 25.5. The summed E-state index contributed by atoms with van der Waals surface area (Å²) in [4.78, 5) is 2.44. The molecule has 0 bridgehead atoms. The SMILES string of the molecule is CC1(c2ccccc2)c2cccc3c2-c2c1ccc1c4cc(-c5cccc(-c6cccc(N(c7ccc8ccccc8c7)c7ccc(-c8ccccc8)cc7-c7ccccc7)c6)c5)ccc4n(c21)-c1ccccc1-3. The maximum absolute atomic E-state index is 2.56. The van der Waals surface area contributed by atoms with Crippen molar-refractivity contribution in [2.45, 2.75) is 12.3 Å². The molecule has 0 saturated heterocycles. The highest BCUT2D eigenvalue weighted by Gasteiger charge is 2.44. The molecule has 0 spiro atoms. The fourth-order valence-corrected chi connectivity index (χ4v) is 12.6. The van der Waals surface area contributed by atoms with Crippen LogP contribution in [0, 0.1) is 0 Å². The molecular formula is C72H48N2. The lowest BCUT2D eigenvalue weighted by molar-refractivity contribution is 0.714. The van der Waals surface area contributed by atoms with E-state index in [1.165, 1.54) is 116 Å². The van der Waals surface area contributed by atoms with Crippen LogP contribution in [0.2, 0.25) is 0 Å². The smallest absolute Gasteiger partial charge is 0.0623 e. The van der Waals surface area contributed by atoms with Gasteiger partial charge >= 0.3 is 0 Å². The molecule has 13 aromatic rings. The van der Waals surface area contributed by atoms with Crippen LogP contribution in [0.15, 0.2) is 273 Å². The first-order valence-corrected chi connectivity index (χ1v) is 25.7. The fraction of sp³-hybridized carbons (Fsp3) is 0.0278. The van der Waals surface area contributed by atoms with E-state index in [1.807, 2.05) is 0 Å². The van der Waals surface area contributed by atoms with Crippen molar-refractivity contribution >= 4 is 49.6 Å². The minimum Gasteiger partial charge on any atom is -0.310 e. The third-order valence-electron chi connectivity index (χ3n) is 16.2. The predicted octanol–water partition coefficient (Wildman–Crippen LogP) is 19.4. The van der Waals surface area contributed by atoms with Crippen molar-refractivity contribution in [3.8, 4) is 72.4 Å². The summed E-state index contributed by atoms with van der Waals surface area (Å²) < 4.78 is 2.56. The van der Waals surface area contributed by atoms with Crippen LogP contribution in [-0.2, 0) is 5.41 Å². The number of hydrogen-bond acceptors (Lipinski definition) is 1. The van der Waals surface area contributed by atoms with Crippen LogP contribution in [0.25, 0.3) is 105 Å². The van der Waals surface area contributed by atoms with E-state index < -0.39 is 0 Å². The van der Waals surface area contributed by atoms with Gasteiger partial charge < -0.3 is 9.47 Å². The summed E-state index contributed by atoms with van der Waals surface area (Å²) in [5, 5.41) is 4.96. The highest BCUT2D eigenvalue weighted by molar-refractivity contribution is 6.19. The highest BCUT2D eigenvalue weighted by Crippen LogP contribution is 2.60. The van der Waals surface area contributed by atoms with Crippen molar-refractivity contribution in [3.63, 3.8) is 0 Å². The Morgan fingerprint density at radius 1 is 0.338 bits per heavy atom. The molecule has 0 amide bonds. The van der Waals surface area contributed by atoms with E-state index in [-0.39, 0.29) is 5.41 Å². The second-order valence-electron chi connectivity index (χ2n) is 20.1. The molecule has 0 fully saturated rings. The number of para-hydroxylation sites is 1. The zero-order valence-electron chi connectivity index (χ0n) is 40.9. The van der Waals surface area contributed by atoms with Gasteiger partial charge in [-0.25, -0.2) is 0 Å². The Labute approximate surface area is 431 Å². The number of rotatable bonds is 8. The first-order chi connectivity index (χ1) is 36.6. The van der Waals surface area contributed by atoms with Crippen LogP contribution < -0.4 is 4.90 Å². The van der Waals surface area contributed by atoms with E-state index in [0.717, 1.165) is 22.6 Å². The third kappa shape index (κ3) is 6.38. The Morgan fingerprint density at radius 2 is 0.932 bits per heavy atom. The lowest BCUT2D eigenvalue weighted by atomic mass is 9.74. The van der Waals surface area contributed by atoms with Gasteiger partial charge in [-0.15, -0.1) is 0 Å². The molecule has 1 aliphatic heterocycles. The maximum Gasteiger partial charge on any atom is 0.0623 e. The van der Waals surface area contributed by atoms with Crippen LogP contribution in [0.3, 0.4) is 0 Å². The van der Waals surface area contributed by atoms with E-state index in [2.05, 4.69) is 289 Å². The minimum absolute atomic E-state index is 0.295. The molecule has 2 heterocycles. The van der Waals surface area contributed by atoms with Gasteiger partial charge in [-0.2, -0.15) is 0 Å². The van der Waals surface area contributed by atoms with Crippen molar-refractivity contribution < 1.29 is 0 Å². The summed E-state index contributed by atoms with van der Waals surface area (Å²) in [5.74, 6) is 0. The van der Waals surface area contributed by atoms with E-state index in [4.69, 9.17) is 0 Å². The van der Waals surface area contributed by atoms with Gasteiger partial charge in [0.2, 0.25) is 0 Å². The van der Waals surface area contributed by atoms with Crippen LogP contribution in [-0.4, -0.2) is 4.57 Å². The number of benzene rings is 12. The average molecular weight is 941 g/mol. The second kappa shape index (κ2) is 16.5. The Hall–Kier alpha value is -9.50. The molecule has 0 saturated carbocycles. The normalized spacial score (nSPS) is 14.1. The number of nitrogens with zero attached hydrogens (tertiary/aromatic N) is 2. The molecule has 15 rings (SSSR count). The van der Waals surface area contributed by atoms with Gasteiger partial charge in [0.25, 0.3) is 0 Å². The molecule has 2 nitrogen and oxygen atoms in total. The van der Waals surface area contributed by atoms with E-state index in [1.54, 1.807) is 0 Å². The predicted molar refractivity (Wildman–Crippen MR) is 311 cm³/mol. The minimum atomic E-state index is -0.295. The molecule has 1 atom stereocenters. The Bertz CT molecular complexity index is 4380. The second-order valence-corrected chi connectivity index (χ2v) is 20.1. The molecule has 74 heavy (non-hydrogen) atoms. The molecule has 1 aromatic heterocycles.